The number of allylic oxidation sites excluding steroid dienone is 4. The zero-order valence-electron chi connectivity index (χ0n) is 16.1. The first-order valence-electron chi connectivity index (χ1n) is 9.06. The fourth-order valence-corrected chi connectivity index (χ4v) is 2.57. The molecule has 0 spiro atoms. The predicted octanol–water partition coefficient (Wildman–Crippen LogP) is 3.56. The van der Waals surface area contributed by atoms with Gasteiger partial charge in [0.1, 0.15) is 50.3 Å². The SMILES string of the molecule is CC(C)(C1=CC=C(OCC(O)CF)C=C=C1)c1ccc(OCC(O)CF)cc1. The molecule has 152 valence electrons. The second-order valence-corrected chi connectivity index (χ2v) is 7.03. The maximum absolute atomic E-state index is 12.3. The van der Waals surface area contributed by atoms with Crippen LogP contribution in [0.5, 0.6) is 5.75 Å². The normalized spacial score (nSPS) is 16.1. The summed E-state index contributed by atoms with van der Waals surface area (Å²) in [6.07, 6.45) is 4.87. The highest BCUT2D eigenvalue weighted by Crippen LogP contribution is 2.34. The highest BCUT2D eigenvalue weighted by Gasteiger charge is 2.24. The van der Waals surface area contributed by atoms with Crippen LogP contribution in [0.1, 0.15) is 19.4 Å². The van der Waals surface area contributed by atoms with Crippen LogP contribution in [-0.4, -0.2) is 49.0 Å². The molecular formula is C22H26F2O4. The van der Waals surface area contributed by atoms with E-state index in [9.17, 15) is 19.0 Å². The van der Waals surface area contributed by atoms with Crippen LogP contribution in [0.2, 0.25) is 0 Å². The van der Waals surface area contributed by atoms with Crippen molar-refractivity contribution in [2.75, 3.05) is 26.6 Å². The van der Waals surface area contributed by atoms with Gasteiger partial charge in [0.25, 0.3) is 0 Å². The number of hydrogen-bond donors (Lipinski definition) is 2. The average Bonchev–Trinajstić information content (AvgIpc) is 2.96. The molecule has 2 unspecified atom stereocenters. The number of alkyl halides is 2. The molecule has 0 heterocycles. The van der Waals surface area contributed by atoms with E-state index in [1.165, 1.54) is 0 Å². The summed E-state index contributed by atoms with van der Waals surface area (Å²) in [7, 11) is 0. The molecule has 0 saturated carbocycles. The number of aliphatic hydroxyl groups excluding tert-OH is 2. The van der Waals surface area contributed by atoms with Gasteiger partial charge < -0.3 is 19.7 Å². The van der Waals surface area contributed by atoms with Gasteiger partial charge in [0.05, 0.1) is 0 Å². The van der Waals surface area contributed by atoms with Crippen molar-refractivity contribution < 1.29 is 28.5 Å². The van der Waals surface area contributed by atoms with Crippen LogP contribution in [0.3, 0.4) is 0 Å². The molecule has 1 aliphatic rings. The maximum atomic E-state index is 12.3. The zero-order chi connectivity index (χ0) is 20.6. The third-order valence-electron chi connectivity index (χ3n) is 4.43. The van der Waals surface area contributed by atoms with Crippen molar-refractivity contribution in [3.8, 4) is 5.75 Å². The van der Waals surface area contributed by atoms with Gasteiger partial charge in [0.2, 0.25) is 0 Å². The Morgan fingerprint density at radius 1 is 0.929 bits per heavy atom. The van der Waals surface area contributed by atoms with E-state index in [1.807, 2.05) is 24.3 Å². The average molecular weight is 392 g/mol. The van der Waals surface area contributed by atoms with Crippen molar-refractivity contribution in [1.29, 1.82) is 0 Å². The Morgan fingerprint density at radius 3 is 2.14 bits per heavy atom. The summed E-state index contributed by atoms with van der Waals surface area (Å²) in [6, 6.07) is 7.39. The highest BCUT2D eigenvalue weighted by molar-refractivity contribution is 5.45. The van der Waals surface area contributed by atoms with E-state index in [0.717, 1.165) is 11.1 Å². The second-order valence-electron chi connectivity index (χ2n) is 7.03. The Balaban J connectivity index is 2.10. The molecule has 4 nitrogen and oxygen atoms in total. The molecule has 0 radical (unpaired) electrons. The van der Waals surface area contributed by atoms with Crippen LogP contribution in [0.15, 0.2) is 65.6 Å². The smallest absolute Gasteiger partial charge is 0.127 e. The lowest BCUT2D eigenvalue weighted by molar-refractivity contribution is 0.0576. The number of ether oxygens (including phenoxy) is 2. The molecule has 2 atom stereocenters. The van der Waals surface area contributed by atoms with Gasteiger partial charge in [0.15, 0.2) is 0 Å². The quantitative estimate of drug-likeness (QED) is 0.598. The summed E-state index contributed by atoms with van der Waals surface area (Å²) in [5.74, 6) is 1.05. The highest BCUT2D eigenvalue weighted by atomic mass is 19.1. The number of aliphatic hydroxyl groups is 2. The van der Waals surface area contributed by atoms with E-state index >= 15 is 0 Å². The molecule has 0 aromatic heterocycles. The molecule has 1 aliphatic carbocycles. The first-order valence-corrected chi connectivity index (χ1v) is 9.06. The minimum atomic E-state index is -1.15. The minimum absolute atomic E-state index is 0.0946. The van der Waals surface area contributed by atoms with Crippen molar-refractivity contribution >= 4 is 0 Å². The van der Waals surface area contributed by atoms with Crippen LogP contribution in [0.25, 0.3) is 0 Å². The number of benzene rings is 1. The standard InChI is InChI=1S/C22H26F2O4/c1-22(2,17-7-10-21(11-8-17)28-15-19(26)13-24)16-4-3-5-20(9-6-16)27-14-18(25)12-23/h4-11,18-19,25-26H,12-15H2,1-2H3. The molecule has 0 bridgehead atoms. The predicted molar refractivity (Wildman–Crippen MR) is 104 cm³/mol. The Hall–Kier alpha value is -2.40. The largest absolute Gasteiger partial charge is 0.491 e. The van der Waals surface area contributed by atoms with Crippen LogP contribution in [-0.2, 0) is 10.2 Å². The summed E-state index contributed by atoms with van der Waals surface area (Å²) in [6.45, 7) is 2.21. The van der Waals surface area contributed by atoms with Crippen molar-refractivity contribution in [3.05, 3.63) is 71.2 Å². The summed E-state index contributed by atoms with van der Waals surface area (Å²) < 4.78 is 35.4. The van der Waals surface area contributed by atoms with Gasteiger partial charge in [-0.05, 0) is 35.4 Å². The lowest BCUT2D eigenvalue weighted by atomic mass is 9.77. The van der Waals surface area contributed by atoms with Crippen LogP contribution >= 0.6 is 0 Å². The number of halogens is 2. The molecule has 1 aromatic carbocycles. The lowest BCUT2D eigenvalue weighted by Crippen LogP contribution is -2.20. The van der Waals surface area contributed by atoms with Gasteiger partial charge in [-0.3, -0.25) is 0 Å². The van der Waals surface area contributed by atoms with Gasteiger partial charge in [-0.2, -0.15) is 0 Å². The molecule has 0 saturated heterocycles. The van der Waals surface area contributed by atoms with Gasteiger partial charge >= 0.3 is 0 Å². The molecule has 6 heteroatoms. The van der Waals surface area contributed by atoms with Crippen LogP contribution in [0.4, 0.5) is 8.78 Å². The third kappa shape index (κ3) is 6.06. The van der Waals surface area contributed by atoms with Crippen molar-refractivity contribution in [2.24, 2.45) is 0 Å². The van der Waals surface area contributed by atoms with Gasteiger partial charge in [-0.15, -0.1) is 5.73 Å². The van der Waals surface area contributed by atoms with Crippen molar-refractivity contribution in [2.45, 2.75) is 31.5 Å². The Kier molecular flexibility index (Phi) is 8.00. The van der Waals surface area contributed by atoms with E-state index in [0.29, 0.717) is 11.5 Å². The first-order chi connectivity index (χ1) is 13.4. The van der Waals surface area contributed by atoms with Crippen molar-refractivity contribution in [1.82, 2.24) is 0 Å². The fraction of sp³-hybridized carbons (Fsp3) is 0.409. The topological polar surface area (TPSA) is 58.9 Å². The van der Waals surface area contributed by atoms with Crippen LogP contribution in [0, 0.1) is 0 Å². The number of rotatable bonds is 10. The number of hydrogen-bond acceptors (Lipinski definition) is 4. The first kappa shape index (κ1) is 21.9. The molecule has 0 amide bonds. The van der Waals surface area contributed by atoms with Gasteiger partial charge in [-0.25, -0.2) is 8.78 Å². The van der Waals surface area contributed by atoms with E-state index in [1.54, 1.807) is 24.3 Å². The van der Waals surface area contributed by atoms with E-state index in [2.05, 4.69) is 19.6 Å². The summed E-state index contributed by atoms with van der Waals surface area (Å²) in [5, 5.41) is 18.5. The molecule has 0 fully saturated rings. The minimum Gasteiger partial charge on any atom is -0.491 e. The summed E-state index contributed by atoms with van der Waals surface area (Å²) in [4.78, 5) is 0. The summed E-state index contributed by atoms with van der Waals surface area (Å²) in [5.41, 5.74) is 4.71. The van der Waals surface area contributed by atoms with E-state index in [4.69, 9.17) is 9.47 Å². The molecule has 1 aromatic rings. The van der Waals surface area contributed by atoms with Crippen molar-refractivity contribution in [3.63, 3.8) is 0 Å². The van der Waals surface area contributed by atoms with Gasteiger partial charge in [0, 0.05) is 11.5 Å². The Bertz CT molecular complexity index is 759. The monoisotopic (exact) mass is 392 g/mol. The summed E-state index contributed by atoms with van der Waals surface area (Å²) >= 11 is 0. The molecule has 2 rings (SSSR count). The van der Waals surface area contributed by atoms with E-state index < -0.39 is 25.6 Å². The molecule has 0 aliphatic heterocycles. The zero-order valence-corrected chi connectivity index (χ0v) is 16.1. The maximum Gasteiger partial charge on any atom is 0.127 e. The fourth-order valence-electron chi connectivity index (χ4n) is 2.57. The van der Waals surface area contributed by atoms with E-state index in [-0.39, 0.29) is 18.6 Å². The second kappa shape index (κ2) is 10.2. The third-order valence-corrected chi connectivity index (χ3v) is 4.43. The van der Waals surface area contributed by atoms with Gasteiger partial charge in [-0.1, -0.05) is 32.1 Å². The molecule has 28 heavy (non-hydrogen) atoms. The molecular weight excluding hydrogens is 366 g/mol. The van der Waals surface area contributed by atoms with Crippen LogP contribution < -0.4 is 4.74 Å². The lowest BCUT2D eigenvalue weighted by Gasteiger charge is -2.26. The Morgan fingerprint density at radius 2 is 1.54 bits per heavy atom. The molecule has 2 N–H and O–H groups in total. The Labute approximate surface area is 164 Å².